The number of nitrogens with zero attached hydrogens (tertiary/aromatic N) is 3. The molecule has 1 atom stereocenters. The summed E-state index contributed by atoms with van der Waals surface area (Å²) in [6.07, 6.45) is 0. The lowest BCUT2D eigenvalue weighted by Gasteiger charge is -2.13. The molecule has 0 aliphatic heterocycles. The third kappa shape index (κ3) is 1.55. The Hall–Kier alpha value is -1.10. The SMILES string of the molecule is CC(C)[C@H](N)c1nc(N)nn1C. The normalized spacial score (nSPS) is 13.8. The molecule has 68 valence electrons. The number of nitrogen functional groups attached to an aromatic ring is 1. The molecule has 1 heterocycles. The zero-order chi connectivity index (χ0) is 9.30. The van der Waals surface area contributed by atoms with Crippen molar-refractivity contribution in [2.75, 3.05) is 5.73 Å². The zero-order valence-corrected chi connectivity index (χ0v) is 7.65. The molecule has 0 saturated carbocycles. The predicted molar refractivity (Wildman–Crippen MR) is 47.2 cm³/mol. The molecule has 0 aromatic carbocycles. The van der Waals surface area contributed by atoms with Gasteiger partial charge >= 0.3 is 0 Å². The van der Waals surface area contributed by atoms with Crippen molar-refractivity contribution in [1.29, 1.82) is 0 Å². The summed E-state index contributed by atoms with van der Waals surface area (Å²) in [5.41, 5.74) is 11.3. The number of nitrogens with two attached hydrogens (primary N) is 2. The molecule has 0 radical (unpaired) electrons. The highest BCUT2D eigenvalue weighted by Crippen LogP contribution is 2.16. The molecule has 0 unspecified atom stereocenters. The maximum absolute atomic E-state index is 5.87. The molecule has 1 aromatic heterocycles. The van der Waals surface area contributed by atoms with Crippen LogP contribution in [0.1, 0.15) is 25.7 Å². The lowest BCUT2D eigenvalue weighted by Crippen LogP contribution is -2.20. The van der Waals surface area contributed by atoms with Gasteiger partial charge in [0.05, 0.1) is 6.04 Å². The smallest absolute Gasteiger partial charge is 0.239 e. The summed E-state index contributed by atoms with van der Waals surface area (Å²) < 4.78 is 1.62. The first-order valence-corrected chi connectivity index (χ1v) is 3.94. The second kappa shape index (κ2) is 3.10. The van der Waals surface area contributed by atoms with Gasteiger partial charge in [0.1, 0.15) is 5.82 Å². The lowest BCUT2D eigenvalue weighted by molar-refractivity contribution is 0.469. The van der Waals surface area contributed by atoms with Gasteiger partial charge < -0.3 is 11.5 Å². The van der Waals surface area contributed by atoms with E-state index >= 15 is 0 Å². The van der Waals surface area contributed by atoms with Gasteiger partial charge in [0, 0.05) is 7.05 Å². The first kappa shape index (κ1) is 8.99. The van der Waals surface area contributed by atoms with Crippen LogP contribution in [0.2, 0.25) is 0 Å². The fraction of sp³-hybridized carbons (Fsp3) is 0.714. The summed E-state index contributed by atoms with van der Waals surface area (Å²) >= 11 is 0. The minimum absolute atomic E-state index is 0.0974. The number of aryl methyl sites for hydroxylation is 1. The molecule has 0 spiro atoms. The van der Waals surface area contributed by atoms with E-state index in [1.54, 1.807) is 11.7 Å². The number of hydrogen-bond donors (Lipinski definition) is 2. The van der Waals surface area contributed by atoms with Crippen molar-refractivity contribution in [1.82, 2.24) is 14.8 Å². The van der Waals surface area contributed by atoms with Gasteiger partial charge in [-0.1, -0.05) is 13.8 Å². The highest BCUT2D eigenvalue weighted by molar-refractivity contribution is 5.15. The summed E-state index contributed by atoms with van der Waals surface area (Å²) in [5.74, 6) is 1.36. The second-order valence-corrected chi connectivity index (χ2v) is 3.22. The van der Waals surface area contributed by atoms with Crippen LogP contribution in [0.4, 0.5) is 5.95 Å². The minimum atomic E-state index is -0.0974. The monoisotopic (exact) mass is 169 g/mol. The van der Waals surface area contributed by atoms with E-state index in [9.17, 15) is 0 Å². The molecule has 0 amide bonds. The molecular weight excluding hydrogens is 154 g/mol. The third-order valence-corrected chi connectivity index (χ3v) is 1.83. The Balaban J connectivity index is 2.94. The summed E-state index contributed by atoms with van der Waals surface area (Å²) in [5, 5.41) is 3.92. The molecule has 0 fully saturated rings. The summed E-state index contributed by atoms with van der Waals surface area (Å²) in [4.78, 5) is 4.04. The van der Waals surface area contributed by atoms with E-state index in [-0.39, 0.29) is 12.0 Å². The average Bonchev–Trinajstić information content (AvgIpc) is 2.28. The maximum atomic E-state index is 5.87. The first-order valence-electron chi connectivity index (χ1n) is 3.94. The van der Waals surface area contributed by atoms with Crippen LogP contribution in [0.15, 0.2) is 0 Å². The van der Waals surface area contributed by atoms with Crippen molar-refractivity contribution in [3.63, 3.8) is 0 Å². The van der Waals surface area contributed by atoms with Crippen LogP contribution < -0.4 is 11.5 Å². The van der Waals surface area contributed by atoms with Crippen molar-refractivity contribution in [2.24, 2.45) is 18.7 Å². The molecule has 12 heavy (non-hydrogen) atoms. The van der Waals surface area contributed by atoms with Gasteiger partial charge in [-0.15, -0.1) is 5.10 Å². The zero-order valence-electron chi connectivity index (χ0n) is 7.65. The fourth-order valence-corrected chi connectivity index (χ4v) is 1.01. The van der Waals surface area contributed by atoms with E-state index in [2.05, 4.69) is 10.1 Å². The van der Waals surface area contributed by atoms with Gasteiger partial charge in [-0.25, -0.2) is 4.68 Å². The van der Waals surface area contributed by atoms with E-state index in [0.717, 1.165) is 5.82 Å². The topological polar surface area (TPSA) is 82.8 Å². The van der Waals surface area contributed by atoms with Crippen molar-refractivity contribution in [3.05, 3.63) is 5.82 Å². The van der Waals surface area contributed by atoms with Crippen LogP contribution >= 0.6 is 0 Å². The van der Waals surface area contributed by atoms with E-state index in [1.807, 2.05) is 13.8 Å². The van der Waals surface area contributed by atoms with Crippen LogP contribution in [-0.4, -0.2) is 14.8 Å². The van der Waals surface area contributed by atoms with Crippen molar-refractivity contribution in [3.8, 4) is 0 Å². The number of hydrogen-bond acceptors (Lipinski definition) is 4. The molecule has 0 aliphatic rings. The maximum Gasteiger partial charge on any atom is 0.239 e. The largest absolute Gasteiger partial charge is 0.366 e. The van der Waals surface area contributed by atoms with E-state index in [1.165, 1.54) is 0 Å². The van der Waals surface area contributed by atoms with Crippen LogP contribution in [0.3, 0.4) is 0 Å². The molecule has 1 rings (SSSR count). The Morgan fingerprint density at radius 3 is 2.33 bits per heavy atom. The summed E-state index contributed by atoms with van der Waals surface area (Å²) in [7, 11) is 1.79. The predicted octanol–water partition coefficient (Wildman–Crippen LogP) is 0.0531. The third-order valence-electron chi connectivity index (χ3n) is 1.83. The first-order chi connectivity index (χ1) is 5.52. The lowest BCUT2D eigenvalue weighted by atomic mass is 10.1. The second-order valence-electron chi connectivity index (χ2n) is 3.22. The Bertz CT molecular complexity index is 265. The standard InChI is InChI=1S/C7H15N5/c1-4(2)5(8)6-10-7(9)11-12(6)3/h4-5H,8H2,1-3H3,(H2,9,11)/t5-/m0/s1. The van der Waals surface area contributed by atoms with Crippen molar-refractivity contribution >= 4 is 5.95 Å². The molecule has 4 N–H and O–H groups in total. The number of rotatable bonds is 2. The minimum Gasteiger partial charge on any atom is -0.366 e. The highest BCUT2D eigenvalue weighted by atomic mass is 15.4. The molecule has 0 saturated heterocycles. The van der Waals surface area contributed by atoms with E-state index < -0.39 is 0 Å². The van der Waals surface area contributed by atoms with Gasteiger partial charge in [0.15, 0.2) is 0 Å². The Labute approximate surface area is 71.8 Å². The number of anilines is 1. The number of aromatic nitrogens is 3. The van der Waals surface area contributed by atoms with Crippen LogP contribution in [0.25, 0.3) is 0 Å². The summed E-state index contributed by atoms with van der Waals surface area (Å²) in [6, 6.07) is -0.0974. The van der Waals surface area contributed by atoms with Gasteiger partial charge in [0.25, 0.3) is 0 Å². The molecule has 5 nitrogen and oxygen atoms in total. The summed E-state index contributed by atoms with van der Waals surface area (Å²) in [6.45, 7) is 4.07. The quantitative estimate of drug-likeness (QED) is 0.655. The molecule has 1 aromatic rings. The fourth-order valence-electron chi connectivity index (χ4n) is 1.01. The highest BCUT2D eigenvalue weighted by Gasteiger charge is 2.16. The molecule has 0 aliphatic carbocycles. The van der Waals surface area contributed by atoms with Gasteiger partial charge in [-0.2, -0.15) is 4.98 Å². The van der Waals surface area contributed by atoms with Gasteiger partial charge in [-0.05, 0) is 5.92 Å². The van der Waals surface area contributed by atoms with Gasteiger partial charge in [-0.3, -0.25) is 0 Å². The van der Waals surface area contributed by atoms with Crippen LogP contribution in [0, 0.1) is 5.92 Å². The Morgan fingerprint density at radius 1 is 1.42 bits per heavy atom. The molecule has 5 heteroatoms. The van der Waals surface area contributed by atoms with E-state index in [0.29, 0.717) is 5.92 Å². The van der Waals surface area contributed by atoms with Crippen LogP contribution in [0.5, 0.6) is 0 Å². The van der Waals surface area contributed by atoms with Gasteiger partial charge in [0.2, 0.25) is 5.95 Å². The van der Waals surface area contributed by atoms with Crippen molar-refractivity contribution < 1.29 is 0 Å². The molecule has 0 bridgehead atoms. The Morgan fingerprint density at radius 2 is 2.00 bits per heavy atom. The Kier molecular flexibility index (Phi) is 2.32. The molecular formula is C7H15N5. The average molecular weight is 169 g/mol. The van der Waals surface area contributed by atoms with Crippen molar-refractivity contribution in [2.45, 2.75) is 19.9 Å². The van der Waals surface area contributed by atoms with Crippen LogP contribution in [-0.2, 0) is 7.05 Å². The van der Waals surface area contributed by atoms with E-state index in [4.69, 9.17) is 11.5 Å².